The predicted octanol–water partition coefficient (Wildman–Crippen LogP) is 5.08. The van der Waals surface area contributed by atoms with Crippen LogP contribution in [0.25, 0.3) is 0 Å². The second kappa shape index (κ2) is 8.90. The molecule has 1 heterocycles. The molecule has 0 spiro atoms. The van der Waals surface area contributed by atoms with Crippen molar-refractivity contribution in [1.82, 2.24) is 10.2 Å². The molecule has 1 amide bonds. The molecule has 0 aliphatic carbocycles. The fraction of sp³-hybridized carbons (Fsp3) is 0.381. The lowest BCUT2D eigenvalue weighted by atomic mass is 9.96. The largest absolute Gasteiger partial charge is 0.349 e. The van der Waals surface area contributed by atoms with Crippen LogP contribution in [-0.2, 0) is 11.3 Å². The maximum absolute atomic E-state index is 12.7. The van der Waals surface area contributed by atoms with E-state index in [1.165, 1.54) is 0 Å². The van der Waals surface area contributed by atoms with Crippen LogP contribution in [0.4, 0.5) is 0 Å². The van der Waals surface area contributed by atoms with Gasteiger partial charge in [-0.3, -0.25) is 9.69 Å². The molecule has 3 rings (SSSR count). The highest BCUT2D eigenvalue weighted by atomic mass is 35.5. The first-order valence-electron chi connectivity index (χ1n) is 9.05. The standard InChI is InChI=1S/C21H24Cl2N2O/c1-15(16-7-3-2-4-8-16)24-21(26)17-9-6-12-25(13-17)14-18-19(22)10-5-11-20(18)23/h2-5,7-8,10-11,15,17H,6,9,12-14H2,1H3,(H,24,26)/t15-,17+/m0/s1. The van der Waals surface area contributed by atoms with Gasteiger partial charge in [0.2, 0.25) is 5.91 Å². The molecule has 1 fully saturated rings. The third-order valence-corrected chi connectivity index (χ3v) is 5.69. The number of carbonyl (C=O) groups excluding carboxylic acids is 1. The molecule has 138 valence electrons. The lowest BCUT2D eigenvalue weighted by molar-refractivity contribution is -0.127. The summed E-state index contributed by atoms with van der Waals surface area (Å²) in [5, 5.41) is 4.52. The van der Waals surface area contributed by atoms with Crippen LogP contribution in [0.1, 0.15) is 36.9 Å². The third-order valence-electron chi connectivity index (χ3n) is 4.98. The quantitative estimate of drug-likeness (QED) is 0.771. The Bertz CT molecular complexity index is 731. The summed E-state index contributed by atoms with van der Waals surface area (Å²) < 4.78 is 0. The highest BCUT2D eigenvalue weighted by Gasteiger charge is 2.27. The highest BCUT2D eigenvalue weighted by molar-refractivity contribution is 6.35. The summed E-state index contributed by atoms with van der Waals surface area (Å²) in [6.45, 7) is 4.39. The molecule has 0 aromatic heterocycles. The van der Waals surface area contributed by atoms with Crippen molar-refractivity contribution < 1.29 is 4.79 Å². The van der Waals surface area contributed by atoms with Crippen LogP contribution in [0.2, 0.25) is 10.0 Å². The van der Waals surface area contributed by atoms with Crippen molar-refractivity contribution in [3.8, 4) is 0 Å². The van der Waals surface area contributed by atoms with Crippen molar-refractivity contribution in [1.29, 1.82) is 0 Å². The lowest BCUT2D eigenvalue weighted by Crippen LogP contribution is -2.43. The number of hydrogen-bond donors (Lipinski definition) is 1. The Hall–Kier alpha value is -1.55. The Morgan fingerprint density at radius 1 is 1.15 bits per heavy atom. The van der Waals surface area contributed by atoms with Crippen molar-refractivity contribution in [2.45, 2.75) is 32.4 Å². The molecular formula is C21H24Cl2N2O. The van der Waals surface area contributed by atoms with E-state index in [1.807, 2.05) is 55.5 Å². The molecule has 0 bridgehead atoms. The van der Waals surface area contributed by atoms with E-state index < -0.39 is 0 Å². The van der Waals surface area contributed by atoms with Gasteiger partial charge in [0.05, 0.1) is 12.0 Å². The van der Waals surface area contributed by atoms with Gasteiger partial charge >= 0.3 is 0 Å². The van der Waals surface area contributed by atoms with Gasteiger partial charge in [-0.05, 0) is 44.0 Å². The van der Waals surface area contributed by atoms with Gasteiger partial charge in [-0.25, -0.2) is 0 Å². The molecule has 1 aliphatic rings. The van der Waals surface area contributed by atoms with Gasteiger partial charge in [0.1, 0.15) is 0 Å². The minimum atomic E-state index is -0.00354. The van der Waals surface area contributed by atoms with Gasteiger partial charge in [-0.15, -0.1) is 0 Å². The molecule has 1 aliphatic heterocycles. The third kappa shape index (κ3) is 4.79. The second-order valence-electron chi connectivity index (χ2n) is 6.92. The van der Waals surface area contributed by atoms with Crippen LogP contribution in [0, 0.1) is 5.92 Å². The average Bonchev–Trinajstić information content (AvgIpc) is 2.66. The molecule has 2 aromatic carbocycles. The average molecular weight is 391 g/mol. The van der Waals surface area contributed by atoms with E-state index in [-0.39, 0.29) is 17.9 Å². The minimum Gasteiger partial charge on any atom is -0.349 e. The molecule has 1 saturated heterocycles. The minimum absolute atomic E-state index is 0.00354. The molecule has 5 heteroatoms. The summed E-state index contributed by atoms with van der Waals surface area (Å²) in [6, 6.07) is 15.6. The number of carbonyl (C=O) groups is 1. The first-order valence-corrected chi connectivity index (χ1v) is 9.80. The Morgan fingerprint density at radius 2 is 1.85 bits per heavy atom. The van der Waals surface area contributed by atoms with Gasteiger partial charge < -0.3 is 5.32 Å². The molecule has 2 aromatic rings. The monoisotopic (exact) mass is 390 g/mol. The van der Waals surface area contributed by atoms with Crippen LogP contribution >= 0.6 is 23.2 Å². The number of amides is 1. The van der Waals surface area contributed by atoms with Crippen molar-refractivity contribution in [3.05, 3.63) is 69.7 Å². The smallest absolute Gasteiger partial charge is 0.224 e. The van der Waals surface area contributed by atoms with E-state index in [0.29, 0.717) is 16.6 Å². The number of likely N-dealkylation sites (tertiary alicyclic amines) is 1. The van der Waals surface area contributed by atoms with E-state index >= 15 is 0 Å². The zero-order chi connectivity index (χ0) is 18.5. The van der Waals surface area contributed by atoms with Crippen LogP contribution in [0.15, 0.2) is 48.5 Å². The summed E-state index contributed by atoms with van der Waals surface area (Å²) in [5.74, 6) is 0.118. The second-order valence-corrected chi connectivity index (χ2v) is 7.73. The van der Waals surface area contributed by atoms with Crippen LogP contribution in [-0.4, -0.2) is 23.9 Å². The van der Waals surface area contributed by atoms with Crippen molar-refractivity contribution >= 4 is 29.1 Å². The number of nitrogens with zero attached hydrogens (tertiary/aromatic N) is 1. The van der Waals surface area contributed by atoms with E-state index in [2.05, 4.69) is 10.2 Å². The Labute approximate surface area is 165 Å². The summed E-state index contributed by atoms with van der Waals surface area (Å²) in [5.41, 5.74) is 2.06. The predicted molar refractivity (Wildman–Crippen MR) is 107 cm³/mol. The number of piperidine rings is 1. The van der Waals surface area contributed by atoms with Crippen molar-refractivity contribution in [3.63, 3.8) is 0 Å². The Morgan fingerprint density at radius 3 is 2.54 bits per heavy atom. The van der Waals surface area contributed by atoms with E-state index in [0.717, 1.165) is 37.1 Å². The molecule has 3 nitrogen and oxygen atoms in total. The zero-order valence-corrected chi connectivity index (χ0v) is 16.4. The molecule has 0 saturated carbocycles. The first-order chi connectivity index (χ1) is 12.5. The summed E-state index contributed by atoms with van der Waals surface area (Å²) in [6.07, 6.45) is 1.92. The number of benzene rings is 2. The van der Waals surface area contributed by atoms with Gasteiger partial charge in [-0.2, -0.15) is 0 Å². The van der Waals surface area contributed by atoms with E-state index in [4.69, 9.17) is 23.2 Å². The normalized spacial score (nSPS) is 19.1. The molecule has 0 radical (unpaired) electrons. The van der Waals surface area contributed by atoms with Gasteiger partial charge in [0.25, 0.3) is 0 Å². The van der Waals surface area contributed by atoms with Crippen LogP contribution < -0.4 is 5.32 Å². The number of halogens is 2. The highest BCUT2D eigenvalue weighted by Crippen LogP contribution is 2.28. The van der Waals surface area contributed by atoms with Crippen molar-refractivity contribution in [2.24, 2.45) is 5.92 Å². The number of rotatable bonds is 5. The maximum atomic E-state index is 12.7. The fourth-order valence-corrected chi connectivity index (χ4v) is 3.99. The molecule has 0 unspecified atom stereocenters. The van der Waals surface area contributed by atoms with Gasteiger partial charge in [0.15, 0.2) is 0 Å². The summed E-state index contributed by atoms with van der Waals surface area (Å²) in [7, 11) is 0. The number of nitrogens with one attached hydrogen (secondary N) is 1. The molecule has 1 N–H and O–H groups in total. The summed E-state index contributed by atoms with van der Waals surface area (Å²) >= 11 is 12.6. The zero-order valence-electron chi connectivity index (χ0n) is 14.9. The van der Waals surface area contributed by atoms with Gasteiger partial charge in [-0.1, -0.05) is 59.6 Å². The molecular weight excluding hydrogens is 367 g/mol. The van der Waals surface area contributed by atoms with Crippen molar-refractivity contribution in [2.75, 3.05) is 13.1 Å². The van der Waals surface area contributed by atoms with E-state index in [9.17, 15) is 4.79 Å². The summed E-state index contributed by atoms with van der Waals surface area (Å²) in [4.78, 5) is 15.0. The fourth-order valence-electron chi connectivity index (χ4n) is 3.48. The maximum Gasteiger partial charge on any atom is 0.224 e. The molecule has 2 atom stereocenters. The SMILES string of the molecule is C[C@H](NC(=O)[C@@H]1CCCN(Cc2c(Cl)cccc2Cl)C1)c1ccccc1. The van der Waals surface area contributed by atoms with Crippen LogP contribution in [0.3, 0.4) is 0 Å². The Kier molecular flexibility index (Phi) is 6.58. The van der Waals surface area contributed by atoms with Crippen LogP contribution in [0.5, 0.6) is 0 Å². The first kappa shape index (κ1) is 19.2. The molecule has 26 heavy (non-hydrogen) atoms. The topological polar surface area (TPSA) is 32.3 Å². The van der Waals surface area contributed by atoms with Gasteiger partial charge in [0, 0.05) is 28.7 Å². The lowest BCUT2D eigenvalue weighted by Gasteiger charge is -2.33. The number of hydrogen-bond acceptors (Lipinski definition) is 2. The van der Waals surface area contributed by atoms with E-state index in [1.54, 1.807) is 0 Å². The Balaban J connectivity index is 1.60.